The summed E-state index contributed by atoms with van der Waals surface area (Å²) in [6, 6.07) is 20.9. The van der Waals surface area contributed by atoms with Crippen LogP contribution in [0.5, 0.6) is 0 Å². The summed E-state index contributed by atoms with van der Waals surface area (Å²) in [5, 5.41) is 8.85. The van der Waals surface area contributed by atoms with E-state index in [4.69, 9.17) is 0 Å². The SMILES string of the molecule is C[C@H]1CN(C(=O)CC(c2ccccc2)c2ccccc2)Cc2nnc(C3CC3)n21. The maximum absolute atomic E-state index is 13.3. The molecular weight excluding hydrogens is 360 g/mol. The molecule has 2 aromatic carbocycles. The van der Waals surface area contributed by atoms with Crippen LogP contribution >= 0.6 is 0 Å². The van der Waals surface area contributed by atoms with Gasteiger partial charge in [0, 0.05) is 24.8 Å². The van der Waals surface area contributed by atoms with Gasteiger partial charge in [-0.05, 0) is 30.9 Å². The second-order valence-electron chi connectivity index (χ2n) is 8.32. The number of nitrogens with zero attached hydrogens (tertiary/aromatic N) is 4. The van der Waals surface area contributed by atoms with E-state index in [1.807, 2.05) is 41.3 Å². The lowest BCUT2D eigenvalue weighted by atomic mass is 9.88. The molecule has 2 aliphatic rings. The Labute approximate surface area is 171 Å². The molecule has 0 saturated heterocycles. The Morgan fingerprint density at radius 2 is 1.62 bits per heavy atom. The third-order valence-electron chi connectivity index (χ3n) is 6.13. The first-order valence-corrected chi connectivity index (χ1v) is 10.5. The topological polar surface area (TPSA) is 51.0 Å². The highest BCUT2D eigenvalue weighted by Gasteiger charge is 2.36. The smallest absolute Gasteiger partial charge is 0.224 e. The molecule has 1 aliphatic heterocycles. The van der Waals surface area contributed by atoms with E-state index in [0.29, 0.717) is 18.9 Å². The van der Waals surface area contributed by atoms with Crippen LogP contribution in [0.1, 0.15) is 66.8 Å². The second-order valence-corrected chi connectivity index (χ2v) is 8.32. The van der Waals surface area contributed by atoms with Crippen molar-refractivity contribution < 1.29 is 4.79 Å². The summed E-state index contributed by atoms with van der Waals surface area (Å²) < 4.78 is 2.27. The Kier molecular flexibility index (Phi) is 4.66. The number of amides is 1. The van der Waals surface area contributed by atoms with Crippen molar-refractivity contribution in [1.29, 1.82) is 0 Å². The summed E-state index contributed by atoms with van der Waals surface area (Å²) in [4.78, 5) is 15.3. The van der Waals surface area contributed by atoms with Gasteiger partial charge in [0.15, 0.2) is 5.82 Å². The van der Waals surface area contributed by atoms with Crippen molar-refractivity contribution in [2.45, 2.75) is 50.6 Å². The fourth-order valence-electron chi connectivity index (χ4n) is 4.47. The van der Waals surface area contributed by atoms with Crippen molar-refractivity contribution in [3.63, 3.8) is 0 Å². The molecule has 1 fully saturated rings. The Balaban J connectivity index is 1.38. The molecule has 29 heavy (non-hydrogen) atoms. The zero-order chi connectivity index (χ0) is 19.8. The fourth-order valence-corrected chi connectivity index (χ4v) is 4.47. The van der Waals surface area contributed by atoms with E-state index in [1.54, 1.807) is 0 Å². The summed E-state index contributed by atoms with van der Waals surface area (Å²) in [6.07, 6.45) is 2.89. The van der Waals surface area contributed by atoms with E-state index >= 15 is 0 Å². The van der Waals surface area contributed by atoms with Gasteiger partial charge < -0.3 is 9.47 Å². The predicted molar refractivity (Wildman–Crippen MR) is 111 cm³/mol. The van der Waals surface area contributed by atoms with E-state index in [2.05, 4.69) is 46.0 Å². The molecule has 0 unspecified atom stereocenters. The zero-order valence-electron chi connectivity index (χ0n) is 16.7. The molecule has 5 heteroatoms. The standard InChI is InChI=1S/C24H26N4O/c1-17-15-27(16-22-25-26-24(28(17)22)20-12-13-20)23(29)14-21(18-8-4-2-5-9-18)19-10-6-3-7-11-19/h2-11,17,20-21H,12-16H2,1H3/t17-/m0/s1. The first-order valence-electron chi connectivity index (χ1n) is 10.5. The van der Waals surface area contributed by atoms with Gasteiger partial charge in [-0.25, -0.2) is 0 Å². The number of hydrogen-bond acceptors (Lipinski definition) is 3. The second kappa shape index (κ2) is 7.47. The third kappa shape index (κ3) is 3.57. The van der Waals surface area contributed by atoms with E-state index in [-0.39, 0.29) is 17.9 Å². The van der Waals surface area contributed by atoms with Crippen LogP contribution in [0.4, 0.5) is 0 Å². The molecule has 1 aromatic heterocycles. The normalized spacial score (nSPS) is 18.7. The first kappa shape index (κ1) is 18.1. The van der Waals surface area contributed by atoms with Crippen LogP contribution in [0.3, 0.4) is 0 Å². The van der Waals surface area contributed by atoms with Gasteiger partial charge in [-0.3, -0.25) is 4.79 Å². The first-order chi connectivity index (χ1) is 14.2. The number of carbonyl (C=O) groups excluding carboxylic acids is 1. The van der Waals surface area contributed by atoms with Crippen molar-refractivity contribution in [3.8, 4) is 0 Å². The minimum absolute atomic E-state index is 0.0574. The summed E-state index contributed by atoms with van der Waals surface area (Å²) in [5.74, 6) is 2.85. The number of hydrogen-bond donors (Lipinski definition) is 0. The Hall–Kier alpha value is -2.95. The highest BCUT2D eigenvalue weighted by Crippen LogP contribution is 2.41. The summed E-state index contributed by atoms with van der Waals surface area (Å²) >= 11 is 0. The van der Waals surface area contributed by atoms with Crippen LogP contribution in [0.2, 0.25) is 0 Å². The molecule has 148 valence electrons. The maximum atomic E-state index is 13.3. The van der Waals surface area contributed by atoms with Gasteiger partial charge in [-0.1, -0.05) is 60.7 Å². The molecule has 1 saturated carbocycles. The van der Waals surface area contributed by atoms with Gasteiger partial charge in [-0.15, -0.1) is 10.2 Å². The van der Waals surface area contributed by atoms with Crippen LogP contribution in [0, 0.1) is 0 Å². The van der Waals surface area contributed by atoms with Crippen molar-refractivity contribution in [1.82, 2.24) is 19.7 Å². The van der Waals surface area contributed by atoms with Crippen LogP contribution in [0.15, 0.2) is 60.7 Å². The van der Waals surface area contributed by atoms with E-state index < -0.39 is 0 Å². The maximum Gasteiger partial charge on any atom is 0.224 e. The molecule has 0 spiro atoms. The van der Waals surface area contributed by atoms with E-state index in [9.17, 15) is 4.79 Å². The lowest BCUT2D eigenvalue weighted by molar-refractivity contribution is -0.133. The average molecular weight is 386 g/mol. The summed E-state index contributed by atoms with van der Waals surface area (Å²) in [6.45, 7) is 3.45. The quantitative estimate of drug-likeness (QED) is 0.658. The highest BCUT2D eigenvalue weighted by molar-refractivity contribution is 5.78. The van der Waals surface area contributed by atoms with Gasteiger partial charge in [0.2, 0.25) is 5.91 Å². The molecule has 0 N–H and O–H groups in total. The van der Waals surface area contributed by atoms with E-state index in [1.165, 1.54) is 24.0 Å². The zero-order valence-corrected chi connectivity index (χ0v) is 16.7. The fraction of sp³-hybridized carbons (Fsp3) is 0.375. The van der Waals surface area contributed by atoms with Crippen LogP contribution in [-0.2, 0) is 11.3 Å². The molecule has 5 nitrogen and oxygen atoms in total. The molecule has 1 atom stereocenters. The van der Waals surface area contributed by atoms with Gasteiger partial charge in [-0.2, -0.15) is 0 Å². The van der Waals surface area contributed by atoms with Gasteiger partial charge >= 0.3 is 0 Å². The Bertz CT molecular complexity index is 955. The van der Waals surface area contributed by atoms with Crippen LogP contribution < -0.4 is 0 Å². The van der Waals surface area contributed by atoms with Crippen LogP contribution in [0.25, 0.3) is 0 Å². The lowest BCUT2D eigenvalue weighted by Crippen LogP contribution is -2.41. The molecule has 2 heterocycles. The molecular formula is C24H26N4O. The number of benzene rings is 2. The van der Waals surface area contributed by atoms with E-state index in [0.717, 1.165) is 18.2 Å². The number of carbonyl (C=O) groups is 1. The number of aromatic nitrogens is 3. The summed E-state index contributed by atoms with van der Waals surface area (Å²) in [7, 11) is 0. The summed E-state index contributed by atoms with van der Waals surface area (Å²) in [5.41, 5.74) is 2.35. The molecule has 3 aromatic rings. The molecule has 1 aliphatic carbocycles. The largest absolute Gasteiger partial charge is 0.333 e. The predicted octanol–water partition coefficient (Wildman–Crippen LogP) is 4.28. The number of fused-ring (bicyclic) bond motifs is 1. The molecule has 0 bridgehead atoms. The van der Waals surface area contributed by atoms with Crippen molar-refractivity contribution in [2.24, 2.45) is 0 Å². The average Bonchev–Trinajstić information content (AvgIpc) is 3.51. The minimum Gasteiger partial charge on any atom is -0.333 e. The Morgan fingerprint density at radius 3 is 2.21 bits per heavy atom. The Morgan fingerprint density at radius 1 is 1.00 bits per heavy atom. The lowest BCUT2D eigenvalue weighted by Gasteiger charge is -2.33. The van der Waals surface area contributed by atoms with Crippen molar-refractivity contribution in [2.75, 3.05) is 6.54 Å². The van der Waals surface area contributed by atoms with Crippen molar-refractivity contribution >= 4 is 5.91 Å². The minimum atomic E-state index is 0.0574. The number of rotatable bonds is 5. The van der Waals surface area contributed by atoms with Gasteiger partial charge in [0.1, 0.15) is 5.82 Å². The molecule has 1 amide bonds. The van der Waals surface area contributed by atoms with Crippen molar-refractivity contribution in [3.05, 3.63) is 83.4 Å². The van der Waals surface area contributed by atoms with Gasteiger partial charge in [0.05, 0.1) is 12.6 Å². The van der Waals surface area contributed by atoms with Crippen LogP contribution in [-0.4, -0.2) is 32.1 Å². The third-order valence-corrected chi connectivity index (χ3v) is 6.13. The highest BCUT2D eigenvalue weighted by atomic mass is 16.2. The molecule has 5 rings (SSSR count). The van der Waals surface area contributed by atoms with Gasteiger partial charge in [0.25, 0.3) is 0 Å². The monoisotopic (exact) mass is 386 g/mol. The molecule has 0 radical (unpaired) electrons.